The van der Waals surface area contributed by atoms with E-state index >= 15 is 0 Å². The number of aromatic nitrogens is 3. The van der Waals surface area contributed by atoms with Crippen LogP contribution in [0.5, 0.6) is 0 Å². The highest BCUT2D eigenvalue weighted by Gasteiger charge is 2.16. The van der Waals surface area contributed by atoms with Gasteiger partial charge in [-0.15, -0.1) is 0 Å². The van der Waals surface area contributed by atoms with E-state index in [1.165, 1.54) is 11.3 Å². The number of nitrogens with zero attached hydrogens (tertiary/aromatic N) is 3. The largest absolute Gasteiger partial charge is 0.375 e. The smallest absolute Gasteiger partial charge is 0.263 e. The fourth-order valence-electron chi connectivity index (χ4n) is 1.65. The van der Waals surface area contributed by atoms with E-state index in [1.54, 1.807) is 17.8 Å². The summed E-state index contributed by atoms with van der Waals surface area (Å²) in [5.41, 5.74) is 6.24. The quantitative estimate of drug-likeness (QED) is 0.865. The number of nitrogens with two attached hydrogens (primary N) is 1. The molecule has 2 aromatic rings. The molecule has 0 aliphatic rings. The fourth-order valence-corrected chi connectivity index (χ4v) is 2.39. The van der Waals surface area contributed by atoms with Gasteiger partial charge in [0.2, 0.25) is 0 Å². The molecule has 6 nitrogen and oxygen atoms in total. The number of rotatable bonds is 4. The molecule has 7 heteroatoms. The first-order valence-electron chi connectivity index (χ1n) is 5.57. The molecule has 0 aliphatic heterocycles. The lowest BCUT2D eigenvalue weighted by Crippen LogP contribution is -2.35. The van der Waals surface area contributed by atoms with Crippen molar-refractivity contribution in [1.82, 2.24) is 20.1 Å². The van der Waals surface area contributed by atoms with Crippen molar-refractivity contribution in [3.63, 3.8) is 0 Å². The van der Waals surface area contributed by atoms with Crippen LogP contribution in [0.25, 0.3) is 0 Å². The number of hydrogen-bond acceptors (Lipinski definition) is 5. The molecule has 3 N–H and O–H groups in total. The summed E-state index contributed by atoms with van der Waals surface area (Å²) in [7, 11) is 0. The second-order valence-electron chi connectivity index (χ2n) is 4.07. The molecular formula is C11H15N5OS. The number of hydrogen-bond donors (Lipinski definition) is 2. The average Bonchev–Trinajstić information content (AvgIpc) is 2.88. The monoisotopic (exact) mass is 265 g/mol. The van der Waals surface area contributed by atoms with Crippen molar-refractivity contribution in [2.75, 3.05) is 5.73 Å². The van der Waals surface area contributed by atoms with Crippen molar-refractivity contribution in [2.45, 2.75) is 26.4 Å². The molecule has 0 bridgehead atoms. The number of nitrogen functional groups attached to an aromatic ring is 1. The minimum Gasteiger partial charge on any atom is -0.375 e. The van der Waals surface area contributed by atoms with E-state index in [4.69, 9.17) is 5.73 Å². The van der Waals surface area contributed by atoms with Crippen molar-refractivity contribution < 1.29 is 4.79 Å². The van der Waals surface area contributed by atoms with Gasteiger partial charge in [-0.3, -0.25) is 9.48 Å². The summed E-state index contributed by atoms with van der Waals surface area (Å²) in [6.45, 7) is 4.34. The molecule has 0 radical (unpaired) electrons. The lowest BCUT2D eigenvalue weighted by Gasteiger charge is -2.13. The van der Waals surface area contributed by atoms with E-state index in [1.807, 2.05) is 19.2 Å². The predicted octanol–water partition coefficient (Wildman–Crippen LogP) is 1.05. The van der Waals surface area contributed by atoms with Crippen molar-refractivity contribution in [2.24, 2.45) is 0 Å². The number of anilines is 1. The number of carbonyl (C=O) groups excluding carboxylic acids is 1. The summed E-state index contributed by atoms with van der Waals surface area (Å²) in [6.07, 6.45) is 3.57. The SMILES string of the molecule is Cc1nc(N)sc1C(=O)NC(C)Cn1cccn1. The van der Waals surface area contributed by atoms with Crippen LogP contribution in [0.2, 0.25) is 0 Å². The molecule has 2 aromatic heterocycles. The zero-order chi connectivity index (χ0) is 13.1. The minimum atomic E-state index is -0.138. The lowest BCUT2D eigenvalue weighted by atomic mass is 10.3. The Morgan fingerprint density at radius 2 is 2.44 bits per heavy atom. The molecule has 1 unspecified atom stereocenters. The number of thiazole rings is 1. The molecule has 0 saturated carbocycles. The molecule has 0 aromatic carbocycles. The molecular weight excluding hydrogens is 250 g/mol. The standard InChI is InChI=1S/C11H15N5OS/c1-7(6-16-5-3-4-13-16)14-10(17)9-8(2)15-11(12)18-9/h3-5,7H,6H2,1-2H3,(H2,12,15)(H,14,17). The number of carbonyl (C=O) groups is 1. The molecule has 2 rings (SSSR count). The normalized spacial score (nSPS) is 12.3. The maximum Gasteiger partial charge on any atom is 0.263 e. The molecule has 18 heavy (non-hydrogen) atoms. The predicted molar refractivity (Wildman–Crippen MR) is 70.4 cm³/mol. The first-order valence-corrected chi connectivity index (χ1v) is 6.39. The summed E-state index contributed by atoms with van der Waals surface area (Å²) in [5, 5.41) is 7.41. The van der Waals surface area contributed by atoms with Crippen molar-refractivity contribution >= 4 is 22.4 Å². The van der Waals surface area contributed by atoms with Crippen LogP contribution in [-0.4, -0.2) is 26.7 Å². The highest BCUT2D eigenvalue weighted by molar-refractivity contribution is 7.17. The van der Waals surface area contributed by atoms with Gasteiger partial charge in [0.1, 0.15) is 4.88 Å². The van der Waals surface area contributed by atoms with Gasteiger partial charge in [-0.2, -0.15) is 5.10 Å². The van der Waals surface area contributed by atoms with Crippen molar-refractivity contribution in [3.05, 3.63) is 29.0 Å². The van der Waals surface area contributed by atoms with Crippen molar-refractivity contribution in [3.8, 4) is 0 Å². The van der Waals surface area contributed by atoms with E-state index in [2.05, 4.69) is 15.4 Å². The summed E-state index contributed by atoms with van der Waals surface area (Å²) >= 11 is 1.20. The Labute approximate surface area is 109 Å². The van der Waals surface area contributed by atoms with E-state index in [0.717, 1.165) is 0 Å². The molecule has 0 fully saturated rings. The van der Waals surface area contributed by atoms with Crippen LogP contribution in [0.3, 0.4) is 0 Å². The van der Waals surface area contributed by atoms with Crippen LogP contribution in [0.1, 0.15) is 22.3 Å². The van der Waals surface area contributed by atoms with Gasteiger partial charge in [-0.1, -0.05) is 11.3 Å². The summed E-state index contributed by atoms with van der Waals surface area (Å²) in [4.78, 5) is 16.6. The third kappa shape index (κ3) is 2.86. The summed E-state index contributed by atoms with van der Waals surface area (Å²) < 4.78 is 1.78. The Bertz CT molecular complexity index is 534. The Balaban J connectivity index is 1.97. The Morgan fingerprint density at radius 1 is 1.67 bits per heavy atom. The second kappa shape index (κ2) is 5.18. The Morgan fingerprint density at radius 3 is 3.00 bits per heavy atom. The number of aryl methyl sites for hydroxylation is 1. The van der Waals surface area contributed by atoms with Gasteiger partial charge in [0.05, 0.1) is 12.2 Å². The van der Waals surface area contributed by atoms with Crippen LogP contribution in [0.15, 0.2) is 18.5 Å². The van der Waals surface area contributed by atoms with Gasteiger partial charge in [-0.05, 0) is 19.9 Å². The maximum atomic E-state index is 12.0. The summed E-state index contributed by atoms with van der Waals surface area (Å²) in [6, 6.07) is 1.84. The van der Waals surface area contributed by atoms with Crippen LogP contribution in [-0.2, 0) is 6.54 Å². The average molecular weight is 265 g/mol. The molecule has 0 saturated heterocycles. The van der Waals surface area contributed by atoms with Gasteiger partial charge < -0.3 is 11.1 Å². The zero-order valence-electron chi connectivity index (χ0n) is 10.3. The van der Waals surface area contributed by atoms with Gasteiger partial charge >= 0.3 is 0 Å². The maximum absolute atomic E-state index is 12.0. The van der Waals surface area contributed by atoms with Crippen molar-refractivity contribution in [1.29, 1.82) is 0 Å². The lowest BCUT2D eigenvalue weighted by molar-refractivity contribution is 0.0939. The zero-order valence-corrected chi connectivity index (χ0v) is 11.1. The van der Waals surface area contributed by atoms with Crippen LogP contribution < -0.4 is 11.1 Å². The third-order valence-electron chi connectivity index (χ3n) is 2.42. The number of nitrogens with one attached hydrogen (secondary N) is 1. The Hall–Kier alpha value is -1.89. The van der Waals surface area contributed by atoms with E-state index in [9.17, 15) is 4.79 Å². The topological polar surface area (TPSA) is 85.8 Å². The minimum absolute atomic E-state index is 0.0138. The Kier molecular flexibility index (Phi) is 3.61. The van der Waals surface area contributed by atoms with Crippen LogP contribution in [0, 0.1) is 6.92 Å². The first-order chi connectivity index (χ1) is 8.56. The van der Waals surface area contributed by atoms with Gasteiger partial charge in [0.15, 0.2) is 5.13 Å². The third-order valence-corrected chi connectivity index (χ3v) is 3.40. The van der Waals surface area contributed by atoms with Gasteiger partial charge in [0, 0.05) is 18.4 Å². The molecule has 96 valence electrons. The molecule has 0 aliphatic carbocycles. The molecule has 1 amide bonds. The van der Waals surface area contributed by atoms with E-state index in [-0.39, 0.29) is 11.9 Å². The van der Waals surface area contributed by atoms with Crippen LogP contribution in [0.4, 0.5) is 5.13 Å². The highest BCUT2D eigenvalue weighted by atomic mass is 32.1. The number of amides is 1. The highest BCUT2D eigenvalue weighted by Crippen LogP contribution is 2.19. The van der Waals surface area contributed by atoms with E-state index in [0.29, 0.717) is 22.2 Å². The second-order valence-corrected chi connectivity index (χ2v) is 5.10. The van der Waals surface area contributed by atoms with Gasteiger partial charge in [0.25, 0.3) is 5.91 Å². The fraction of sp³-hybridized carbons (Fsp3) is 0.364. The molecule has 1 atom stereocenters. The molecule has 0 spiro atoms. The van der Waals surface area contributed by atoms with Gasteiger partial charge in [-0.25, -0.2) is 4.98 Å². The van der Waals surface area contributed by atoms with Crippen LogP contribution >= 0.6 is 11.3 Å². The molecule has 2 heterocycles. The summed E-state index contributed by atoms with van der Waals surface area (Å²) in [5.74, 6) is -0.138. The first kappa shape index (κ1) is 12.6. The van der Waals surface area contributed by atoms with E-state index < -0.39 is 0 Å².